The molecular formula is C41H39N3O4. The molecule has 5 aromatic rings. The molecule has 0 fully saturated rings. The lowest BCUT2D eigenvalue weighted by atomic mass is 9.84. The molecular weight excluding hydrogens is 598 g/mol. The van der Waals surface area contributed by atoms with E-state index in [9.17, 15) is 4.79 Å². The van der Waals surface area contributed by atoms with Crippen LogP contribution < -0.4 is 15.6 Å². The Kier molecular flexibility index (Phi) is 10.7. The lowest BCUT2D eigenvalue weighted by Gasteiger charge is -2.30. The molecule has 1 amide bonds. The molecule has 0 saturated heterocycles. The molecule has 0 radical (unpaired) electrons. The molecule has 0 bridgehead atoms. The number of benzene rings is 5. The monoisotopic (exact) mass is 637 g/mol. The minimum absolute atomic E-state index is 0.0690. The Balaban J connectivity index is 1.35. The van der Waals surface area contributed by atoms with Crippen LogP contribution in [0.15, 0.2) is 151 Å². The van der Waals surface area contributed by atoms with Crippen molar-refractivity contribution in [1.82, 2.24) is 10.9 Å². The van der Waals surface area contributed by atoms with Gasteiger partial charge in [0, 0.05) is 31.6 Å². The number of hydrogen-bond acceptors (Lipinski definition) is 6. The van der Waals surface area contributed by atoms with Crippen LogP contribution in [0.25, 0.3) is 17.2 Å². The Morgan fingerprint density at radius 1 is 0.792 bits per heavy atom. The van der Waals surface area contributed by atoms with E-state index in [4.69, 9.17) is 19.6 Å². The summed E-state index contributed by atoms with van der Waals surface area (Å²) in [5.41, 5.74) is 10.6. The van der Waals surface area contributed by atoms with Crippen molar-refractivity contribution in [3.05, 3.63) is 168 Å². The molecule has 242 valence electrons. The standard InChI is InChI=1S/C41H39N3O4/c45-28-11-29-47-37-25-23-36(24-26-37)39-43-41(27-10-16-31-12-4-1-5-13-31,40(46)44-42-30-32-14-6-2-7-15-32)38(48-39)35-21-19-34(20-22-35)33-17-8-3-9-18-33/h1-10,12-26,38,42,45H,11,27-30H2,(H,44,46)/b16-10+/t38-,41-/m0/s1. The van der Waals surface area contributed by atoms with Crippen LogP contribution in [0, 0.1) is 0 Å². The van der Waals surface area contributed by atoms with Crippen molar-refractivity contribution in [2.24, 2.45) is 4.99 Å². The molecule has 0 aromatic heterocycles. The average molecular weight is 638 g/mol. The summed E-state index contributed by atoms with van der Waals surface area (Å²) in [6, 6.07) is 45.7. The Morgan fingerprint density at radius 3 is 2.10 bits per heavy atom. The van der Waals surface area contributed by atoms with Gasteiger partial charge in [0.05, 0.1) is 6.61 Å². The van der Waals surface area contributed by atoms with E-state index >= 15 is 0 Å². The van der Waals surface area contributed by atoms with Crippen LogP contribution in [0.4, 0.5) is 0 Å². The fourth-order valence-electron chi connectivity index (χ4n) is 5.67. The largest absolute Gasteiger partial charge is 0.494 e. The van der Waals surface area contributed by atoms with E-state index in [0.29, 0.717) is 31.2 Å². The normalized spacial score (nSPS) is 17.1. The second-order valence-electron chi connectivity index (χ2n) is 11.6. The quantitative estimate of drug-likeness (QED) is 0.0879. The van der Waals surface area contributed by atoms with Crippen molar-refractivity contribution < 1.29 is 19.4 Å². The maximum Gasteiger partial charge on any atom is 0.266 e. The number of rotatable bonds is 14. The molecule has 0 aliphatic carbocycles. The topological polar surface area (TPSA) is 92.2 Å². The van der Waals surface area contributed by atoms with Crippen LogP contribution in [-0.2, 0) is 16.1 Å². The highest BCUT2D eigenvalue weighted by atomic mass is 16.5. The third-order valence-electron chi connectivity index (χ3n) is 8.23. The van der Waals surface area contributed by atoms with Gasteiger partial charge in [0.25, 0.3) is 5.91 Å². The Morgan fingerprint density at radius 2 is 1.42 bits per heavy atom. The predicted octanol–water partition coefficient (Wildman–Crippen LogP) is 7.30. The minimum atomic E-state index is -1.32. The number of aliphatic hydroxyl groups is 1. The van der Waals surface area contributed by atoms with Crippen LogP contribution in [0.5, 0.6) is 5.75 Å². The highest BCUT2D eigenvalue weighted by Gasteiger charge is 2.52. The SMILES string of the molecule is O=C(NNCc1ccccc1)[C@@]1(C/C=C/c2ccccc2)N=C(c2ccc(OCCCO)cc2)O[C@H]1c1ccc(-c2ccccc2)cc1. The fraction of sp³-hybridized carbons (Fsp3) is 0.171. The minimum Gasteiger partial charge on any atom is -0.494 e. The van der Waals surface area contributed by atoms with E-state index in [-0.39, 0.29) is 18.9 Å². The molecule has 1 aliphatic heterocycles. The zero-order chi connectivity index (χ0) is 33.0. The second kappa shape index (κ2) is 15.9. The van der Waals surface area contributed by atoms with E-state index in [2.05, 4.69) is 35.1 Å². The molecule has 2 atom stereocenters. The number of aliphatic imine (C=N–C) groups is 1. The molecule has 0 saturated carbocycles. The Labute approximate surface area is 281 Å². The summed E-state index contributed by atoms with van der Waals surface area (Å²) in [6.07, 6.45) is 4.13. The van der Waals surface area contributed by atoms with Gasteiger partial charge in [-0.3, -0.25) is 10.2 Å². The summed E-state index contributed by atoms with van der Waals surface area (Å²) >= 11 is 0. The lowest BCUT2D eigenvalue weighted by molar-refractivity contribution is -0.129. The predicted molar refractivity (Wildman–Crippen MR) is 190 cm³/mol. The van der Waals surface area contributed by atoms with E-state index in [1.807, 2.05) is 127 Å². The molecule has 7 heteroatoms. The van der Waals surface area contributed by atoms with Gasteiger partial charge in [0.15, 0.2) is 11.6 Å². The number of nitrogens with one attached hydrogen (secondary N) is 2. The summed E-state index contributed by atoms with van der Waals surface area (Å²) < 4.78 is 12.4. The Bertz CT molecular complexity index is 1810. The van der Waals surface area contributed by atoms with Gasteiger partial charge in [0.2, 0.25) is 5.90 Å². The number of carbonyl (C=O) groups is 1. The van der Waals surface area contributed by atoms with Crippen LogP contribution in [0.1, 0.15) is 41.2 Å². The maximum absolute atomic E-state index is 14.4. The first-order valence-electron chi connectivity index (χ1n) is 16.2. The third kappa shape index (κ3) is 7.89. The van der Waals surface area contributed by atoms with Gasteiger partial charge < -0.3 is 14.6 Å². The van der Waals surface area contributed by atoms with Crippen molar-refractivity contribution in [1.29, 1.82) is 0 Å². The lowest BCUT2D eigenvalue weighted by Crippen LogP contribution is -2.52. The number of ether oxygens (including phenoxy) is 2. The molecule has 0 unspecified atom stereocenters. The summed E-state index contributed by atoms with van der Waals surface area (Å²) in [7, 11) is 0. The molecule has 48 heavy (non-hydrogen) atoms. The van der Waals surface area contributed by atoms with Gasteiger partial charge in [-0.15, -0.1) is 0 Å². The smallest absolute Gasteiger partial charge is 0.266 e. The number of aliphatic hydroxyl groups excluding tert-OH is 1. The van der Waals surface area contributed by atoms with E-state index < -0.39 is 11.6 Å². The summed E-state index contributed by atoms with van der Waals surface area (Å²) in [4.78, 5) is 19.5. The number of carbonyl (C=O) groups excluding carboxylic acids is 1. The highest BCUT2D eigenvalue weighted by Crippen LogP contribution is 2.43. The molecule has 5 aromatic carbocycles. The van der Waals surface area contributed by atoms with Crippen molar-refractivity contribution in [3.8, 4) is 16.9 Å². The van der Waals surface area contributed by atoms with E-state index in [1.54, 1.807) is 0 Å². The Hall–Kier alpha value is -5.50. The second-order valence-corrected chi connectivity index (χ2v) is 11.6. The van der Waals surface area contributed by atoms with E-state index in [0.717, 1.165) is 33.4 Å². The highest BCUT2D eigenvalue weighted by molar-refractivity contribution is 6.01. The summed E-state index contributed by atoms with van der Waals surface area (Å²) in [5.74, 6) is 0.756. The molecule has 1 aliphatic rings. The van der Waals surface area contributed by atoms with Crippen LogP contribution in [-0.4, -0.2) is 35.7 Å². The van der Waals surface area contributed by atoms with E-state index in [1.165, 1.54) is 0 Å². The summed E-state index contributed by atoms with van der Waals surface area (Å²) in [5, 5.41) is 9.10. The first kappa shape index (κ1) is 32.4. The van der Waals surface area contributed by atoms with Crippen LogP contribution >= 0.6 is 0 Å². The molecule has 1 heterocycles. The van der Waals surface area contributed by atoms with Gasteiger partial charge in [0.1, 0.15) is 5.75 Å². The van der Waals surface area contributed by atoms with Crippen LogP contribution in [0.2, 0.25) is 0 Å². The molecule has 7 nitrogen and oxygen atoms in total. The molecule has 0 spiro atoms. The van der Waals surface area contributed by atoms with Crippen molar-refractivity contribution in [2.75, 3.05) is 13.2 Å². The van der Waals surface area contributed by atoms with Crippen molar-refractivity contribution in [3.63, 3.8) is 0 Å². The van der Waals surface area contributed by atoms with Crippen LogP contribution in [0.3, 0.4) is 0 Å². The van der Waals surface area contributed by atoms with Gasteiger partial charge in [-0.05, 0) is 52.1 Å². The zero-order valence-electron chi connectivity index (χ0n) is 26.7. The first-order chi connectivity index (χ1) is 23.6. The van der Waals surface area contributed by atoms with Gasteiger partial charge in [-0.2, -0.15) is 0 Å². The van der Waals surface area contributed by atoms with Gasteiger partial charge >= 0.3 is 0 Å². The van der Waals surface area contributed by atoms with Crippen molar-refractivity contribution >= 4 is 17.9 Å². The average Bonchev–Trinajstić information content (AvgIpc) is 3.54. The van der Waals surface area contributed by atoms with Crippen molar-refractivity contribution in [2.45, 2.75) is 31.0 Å². The number of nitrogens with zero attached hydrogens (tertiary/aromatic N) is 1. The van der Waals surface area contributed by atoms with Gasteiger partial charge in [-0.1, -0.05) is 127 Å². The fourth-order valence-corrected chi connectivity index (χ4v) is 5.67. The third-order valence-corrected chi connectivity index (χ3v) is 8.23. The maximum atomic E-state index is 14.4. The number of amides is 1. The van der Waals surface area contributed by atoms with Gasteiger partial charge in [-0.25, -0.2) is 10.4 Å². The number of hydrogen-bond donors (Lipinski definition) is 3. The first-order valence-corrected chi connectivity index (χ1v) is 16.2. The number of hydrazine groups is 1. The molecule has 6 rings (SSSR count). The zero-order valence-corrected chi connectivity index (χ0v) is 26.7. The molecule has 3 N–H and O–H groups in total. The summed E-state index contributed by atoms with van der Waals surface area (Å²) in [6.45, 7) is 0.939.